The van der Waals surface area contributed by atoms with Crippen LogP contribution in [-0.2, 0) is 11.4 Å². The Balaban J connectivity index is 1.78. The number of ether oxygens (including phenoxy) is 1. The van der Waals surface area contributed by atoms with Gasteiger partial charge in [0.2, 0.25) is 5.91 Å². The number of rotatable bonds is 6. The van der Waals surface area contributed by atoms with Crippen molar-refractivity contribution in [1.29, 1.82) is 0 Å². The highest BCUT2D eigenvalue weighted by atomic mass is 32.1. The molecular weight excluding hydrogens is 350 g/mol. The van der Waals surface area contributed by atoms with Gasteiger partial charge in [-0.2, -0.15) is 0 Å². The lowest BCUT2D eigenvalue weighted by atomic mass is 10.2. The fourth-order valence-electron chi connectivity index (χ4n) is 2.42. The summed E-state index contributed by atoms with van der Waals surface area (Å²) in [5, 5.41) is 2.38. The van der Waals surface area contributed by atoms with Gasteiger partial charge in [0.25, 0.3) is 5.91 Å². The largest absolute Gasteiger partial charge is 0.486 e. The van der Waals surface area contributed by atoms with Crippen LogP contribution in [-0.4, -0.2) is 16.8 Å². The lowest BCUT2D eigenvalue weighted by molar-refractivity contribution is -0.115. The molecule has 7 heteroatoms. The molecule has 132 valence electrons. The molecular formula is C19H17N3O3S. The van der Waals surface area contributed by atoms with E-state index in [1.54, 1.807) is 29.2 Å². The van der Waals surface area contributed by atoms with Crippen LogP contribution in [0.5, 0.6) is 5.75 Å². The molecule has 0 unspecified atom stereocenters. The van der Waals surface area contributed by atoms with Gasteiger partial charge in [-0.05, 0) is 24.3 Å². The van der Waals surface area contributed by atoms with Crippen molar-refractivity contribution in [2.45, 2.75) is 13.5 Å². The number of carbonyl (C=O) groups excluding carboxylic acids is 2. The van der Waals surface area contributed by atoms with Crippen LogP contribution < -0.4 is 15.4 Å². The third kappa shape index (κ3) is 3.89. The summed E-state index contributed by atoms with van der Waals surface area (Å²) in [6.07, 6.45) is 0. The van der Waals surface area contributed by atoms with E-state index in [1.807, 2.05) is 35.7 Å². The highest BCUT2D eigenvalue weighted by molar-refractivity contribution is 7.14. The van der Waals surface area contributed by atoms with Crippen LogP contribution in [0.25, 0.3) is 0 Å². The van der Waals surface area contributed by atoms with Gasteiger partial charge in [-0.15, -0.1) is 11.3 Å². The standard InChI is InChI=1S/C19H17N3O3S/c1-13(23)22(15-7-3-2-4-8-15)19-21-14(12-26-19)11-25-17-10-6-5-9-16(17)18(20)24/h2-10,12H,11H2,1H3,(H2,20,24). The Kier molecular flexibility index (Phi) is 5.28. The molecule has 0 fully saturated rings. The van der Waals surface area contributed by atoms with Gasteiger partial charge in [-0.1, -0.05) is 30.3 Å². The van der Waals surface area contributed by atoms with Gasteiger partial charge < -0.3 is 10.5 Å². The number of amides is 2. The summed E-state index contributed by atoms with van der Waals surface area (Å²) in [5.74, 6) is -0.274. The minimum absolute atomic E-state index is 0.128. The summed E-state index contributed by atoms with van der Waals surface area (Å²) in [4.78, 5) is 29.5. The number of aromatic nitrogens is 1. The molecule has 0 atom stereocenters. The maximum atomic E-state index is 12.1. The Morgan fingerprint density at radius 2 is 1.81 bits per heavy atom. The van der Waals surface area contributed by atoms with Crippen molar-refractivity contribution in [3.63, 3.8) is 0 Å². The van der Waals surface area contributed by atoms with Crippen molar-refractivity contribution < 1.29 is 14.3 Å². The quantitative estimate of drug-likeness (QED) is 0.722. The van der Waals surface area contributed by atoms with Gasteiger partial charge in [0.15, 0.2) is 5.13 Å². The molecule has 6 nitrogen and oxygen atoms in total. The van der Waals surface area contributed by atoms with Crippen LogP contribution in [0.4, 0.5) is 10.8 Å². The minimum Gasteiger partial charge on any atom is -0.486 e. The number of para-hydroxylation sites is 2. The van der Waals surface area contributed by atoms with E-state index in [0.29, 0.717) is 22.1 Å². The molecule has 0 bridgehead atoms. The van der Waals surface area contributed by atoms with E-state index in [4.69, 9.17) is 10.5 Å². The van der Waals surface area contributed by atoms with Crippen molar-refractivity contribution in [3.05, 3.63) is 71.2 Å². The van der Waals surface area contributed by atoms with Crippen molar-refractivity contribution in [3.8, 4) is 5.75 Å². The number of thiazole rings is 1. The zero-order chi connectivity index (χ0) is 18.5. The molecule has 26 heavy (non-hydrogen) atoms. The predicted octanol–water partition coefficient (Wildman–Crippen LogP) is 3.51. The highest BCUT2D eigenvalue weighted by Crippen LogP contribution is 2.29. The number of benzene rings is 2. The Labute approximate surface area is 154 Å². The van der Waals surface area contributed by atoms with Crippen molar-refractivity contribution in [1.82, 2.24) is 4.98 Å². The van der Waals surface area contributed by atoms with E-state index in [2.05, 4.69) is 4.98 Å². The summed E-state index contributed by atoms with van der Waals surface area (Å²) in [6, 6.07) is 16.1. The number of hydrogen-bond donors (Lipinski definition) is 1. The summed E-state index contributed by atoms with van der Waals surface area (Å²) in [5.41, 5.74) is 7.08. The molecule has 0 saturated heterocycles. The Hall–Kier alpha value is -3.19. The fourth-order valence-corrected chi connectivity index (χ4v) is 3.29. The second-order valence-corrected chi connectivity index (χ2v) is 6.30. The normalized spacial score (nSPS) is 10.3. The minimum atomic E-state index is -0.550. The van der Waals surface area contributed by atoms with Crippen LogP contribution in [0.15, 0.2) is 60.0 Å². The van der Waals surface area contributed by atoms with Crippen LogP contribution >= 0.6 is 11.3 Å². The molecule has 2 N–H and O–H groups in total. The second-order valence-electron chi connectivity index (χ2n) is 5.46. The fraction of sp³-hybridized carbons (Fsp3) is 0.105. The predicted molar refractivity (Wildman–Crippen MR) is 101 cm³/mol. The number of nitrogens with zero attached hydrogens (tertiary/aromatic N) is 2. The average molecular weight is 367 g/mol. The number of carbonyl (C=O) groups is 2. The third-order valence-electron chi connectivity index (χ3n) is 3.59. The number of nitrogens with two attached hydrogens (primary N) is 1. The lowest BCUT2D eigenvalue weighted by Gasteiger charge is -2.17. The molecule has 1 aromatic heterocycles. The molecule has 0 saturated carbocycles. The Morgan fingerprint density at radius 1 is 1.12 bits per heavy atom. The maximum Gasteiger partial charge on any atom is 0.252 e. The molecule has 0 aliphatic rings. The average Bonchev–Trinajstić information content (AvgIpc) is 3.09. The van der Waals surface area contributed by atoms with Gasteiger partial charge >= 0.3 is 0 Å². The molecule has 0 spiro atoms. The van der Waals surface area contributed by atoms with E-state index in [0.717, 1.165) is 5.69 Å². The first-order valence-corrected chi connectivity index (χ1v) is 8.76. The SMILES string of the molecule is CC(=O)N(c1ccccc1)c1nc(COc2ccccc2C(N)=O)cs1. The summed E-state index contributed by atoms with van der Waals surface area (Å²) in [7, 11) is 0. The molecule has 1 heterocycles. The van der Waals surface area contributed by atoms with Gasteiger partial charge in [-0.25, -0.2) is 4.98 Å². The van der Waals surface area contributed by atoms with Gasteiger partial charge in [0.05, 0.1) is 16.9 Å². The van der Waals surface area contributed by atoms with E-state index < -0.39 is 5.91 Å². The van der Waals surface area contributed by atoms with E-state index in [1.165, 1.54) is 18.3 Å². The Morgan fingerprint density at radius 3 is 2.50 bits per heavy atom. The zero-order valence-corrected chi connectivity index (χ0v) is 14.9. The first kappa shape index (κ1) is 17.6. The lowest BCUT2D eigenvalue weighted by Crippen LogP contribution is -2.22. The first-order valence-electron chi connectivity index (χ1n) is 7.88. The molecule has 2 aromatic carbocycles. The van der Waals surface area contributed by atoms with Crippen LogP contribution in [0.3, 0.4) is 0 Å². The van der Waals surface area contributed by atoms with Crippen molar-refractivity contribution in [2.75, 3.05) is 4.90 Å². The second kappa shape index (κ2) is 7.79. The topological polar surface area (TPSA) is 85.5 Å². The number of anilines is 2. The summed E-state index contributed by atoms with van der Waals surface area (Å²) >= 11 is 1.35. The van der Waals surface area contributed by atoms with Gasteiger partial charge in [0.1, 0.15) is 12.4 Å². The summed E-state index contributed by atoms with van der Waals surface area (Å²) in [6.45, 7) is 1.66. The van der Waals surface area contributed by atoms with Crippen LogP contribution in [0.2, 0.25) is 0 Å². The molecule has 3 rings (SSSR count). The molecule has 3 aromatic rings. The van der Waals surface area contributed by atoms with Crippen molar-refractivity contribution in [2.24, 2.45) is 5.73 Å². The van der Waals surface area contributed by atoms with Crippen LogP contribution in [0, 0.1) is 0 Å². The smallest absolute Gasteiger partial charge is 0.252 e. The first-order chi connectivity index (χ1) is 12.6. The number of hydrogen-bond acceptors (Lipinski definition) is 5. The van der Waals surface area contributed by atoms with E-state index >= 15 is 0 Å². The highest BCUT2D eigenvalue weighted by Gasteiger charge is 2.18. The number of primary amides is 1. The third-order valence-corrected chi connectivity index (χ3v) is 4.46. The summed E-state index contributed by atoms with van der Waals surface area (Å²) < 4.78 is 5.68. The zero-order valence-electron chi connectivity index (χ0n) is 14.1. The van der Waals surface area contributed by atoms with Gasteiger partial charge in [0, 0.05) is 12.3 Å². The van der Waals surface area contributed by atoms with Crippen molar-refractivity contribution >= 4 is 34.0 Å². The van der Waals surface area contributed by atoms with E-state index in [9.17, 15) is 9.59 Å². The van der Waals surface area contributed by atoms with Crippen LogP contribution in [0.1, 0.15) is 23.0 Å². The van der Waals surface area contributed by atoms with Gasteiger partial charge in [-0.3, -0.25) is 14.5 Å². The monoisotopic (exact) mass is 367 g/mol. The Bertz CT molecular complexity index is 925. The molecule has 0 radical (unpaired) electrons. The maximum absolute atomic E-state index is 12.1. The molecule has 2 amide bonds. The molecule has 0 aliphatic carbocycles. The van der Waals surface area contributed by atoms with E-state index in [-0.39, 0.29) is 12.5 Å². The molecule has 0 aliphatic heterocycles.